The molecule has 6 heteroatoms. The molecule has 0 saturated heterocycles. The second kappa shape index (κ2) is 94.1. The van der Waals surface area contributed by atoms with Crippen molar-refractivity contribution < 1.29 is 19.1 Å². The van der Waals surface area contributed by atoms with Gasteiger partial charge in [-0.3, -0.25) is 0 Å². The maximum absolute atomic E-state index is 12.4. The van der Waals surface area contributed by atoms with Crippen molar-refractivity contribution in [3.05, 3.63) is 0 Å². The normalized spacial score (nSPS) is 11.8. The first-order chi connectivity index (χ1) is 52.5. The lowest BCUT2D eigenvalue weighted by Crippen LogP contribution is -2.37. The Kier molecular flexibility index (Phi) is 92.8. The molecule has 0 spiro atoms. The second-order valence-electron chi connectivity index (χ2n) is 35.5. The molecule has 0 aromatic heterocycles. The lowest BCUT2D eigenvalue weighted by Gasteiger charge is -2.33. The molecule has 6 nitrogen and oxygen atoms in total. The summed E-state index contributed by atoms with van der Waals surface area (Å²) in [5, 5.41) is 0. The van der Waals surface area contributed by atoms with Crippen molar-refractivity contribution in [2.75, 3.05) is 6.61 Å². The Morgan fingerprint density at radius 1 is 0.170 bits per heavy atom. The van der Waals surface area contributed by atoms with Gasteiger partial charge in [0.15, 0.2) is 0 Å². The first-order valence-electron chi connectivity index (χ1n) is 50.4. The highest BCUT2D eigenvalue weighted by atomic mass is 16.6. The van der Waals surface area contributed by atoms with Crippen LogP contribution in [0.2, 0.25) is 0 Å². The smallest absolute Gasteiger partial charge is 0.405 e. The molecular weight excluding hydrogens is 1290 g/mol. The Morgan fingerprint density at radius 3 is 0.396 bits per heavy atom. The van der Waals surface area contributed by atoms with Crippen LogP contribution < -0.4 is 11.5 Å². The molecule has 0 saturated carbocycles. The van der Waals surface area contributed by atoms with Crippen LogP contribution in [0.3, 0.4) is 0 Å². The summed E-state index contributed by atoms with van der Waals surface area (Å²) in [6.45, 7) is 4.97. The maximum atomic E-state index is 12.4. The molecule has 0 heterocycles. The van der Waals surface area contributed by atoms with Gasteiger partial charge in [0, 0.05) is 0 Å². The Hall–Kier alpha value is -1.46. The Morgan fingerprint density at radius 2 is 0.283 bits per heavy atom. The molecule has 0 aromatic carbocycles. The van der Waals surface area contributed by atoms with E-state index in [1.54, 1.807) is 0 Å². The topological polar surface area (TPSA) is 105 Å². The average Bonchev–Trinajstić information content (AvgIpc) is 0.863. The fourth-order valence-electron chi connectivity index (χ4n) is 17.5. The van der Waals surface area contributed by atoms with E-state index in [-0.39, 0.29) is 0 Å². The molecule has 0 aliphatic heterocycles. The number of nitrogens with two attached hydrogens (primary N) is 2. The van der Waals surface area contributed by atoms with Crippen molar-refractivity contribution in [3.8, 4) is 0 Å². The second-order valence-corrected chi connectivity index (χ2v) is 35.5. The van der Waals surface area contributed by atoms with Crippen LogP contribution in [0.5, 0.6) is 0 Å². The summed E-state index contributed by atoms with van der Waals surface area (Å²) >= 11 is 0. The molecule has 0 aliphatic carbocycles. The van der Waals surface area contributed by atoms with Crippen LogP contribution in [0, 0.1) is 0 Å². The van der Waals surface area contributed by atoms with E-state index in [9.17, 15) is 9.59 Å². The van der Waals surface area contributed by atoms with Crippen LogP contribution in [0.15, 0.2) is 0 Å². The lowest BCUT2D eigenvalue weighted by atomic mass is 9.84. The SMILES string of the molecule is CCCCCCCCCCCCCCCCCCCCCCCCCCCCCCCCCCCCCCCCCCCCCCC(CCCCCCCCCCCCCCCCCCCCCCCCCCCCCCCCCCCCCCCCCCCCCC)(CCCCCOC(N)=O)OC(N)=O. The van der Waals surface area contributed by atoms with Gasteiger partial charge in [-0.05, 0) is 51.4 Å². The minimum Gasteiger partial charge on any atom is -0.450 e. The van der Waals surface area contributed by atoms with Crippen LogP contribution >= 0.6 is 0 Å². The van der Waals surface area contributed by atoms with E-state index in [1.165, 1.54) is 552 Å². The number of hydrogen-bond acceptors (Lipinski definition) is 4. The number of unbranched alkanes of at least 4 members (excludes halogenated alkanes) is 88. The highest BCUT2D eigenvalue weighted by Crippen LogP contribution is 2.34. The minimum absolute atomic E-state index is 0.346. The number of amides is 2. The summed E-state index contributed by atoms with van der Waals surface area (Å²) in [5.74, 6) is 0. The Bertz CT molecular complexity index is 1510. The van der Waals surface area contributed by atoms with Crippen LogP contribution in [0.4, 0.5) is 9.59 Å². The quantitative estimate of drug-likeness (QED) is 0.0592. The van der Waals surface area contributed by atoms with Crippen LogP contribution in [-0.4, -0.2) is 24.4 Å². The van der Waals surface area contributed by atoms with Gasteiger partial charge >= 0.3 is 12.2 Å². The summed E-state index contributed by atoms with van der Waals surface area (Å²) in [6.07, 6.45) is 130. The van der Waals surface area contributed by atoms with E-state index >= 15 is 0 Å². The van der Waals surface area contributed by atoms with E-state index < -0.39 is 17.8 Å². The zero-order chi connectivity index (χ0) is 76.2. The first kappa shape index (κ1) is 105. The number of hydrogen-bond donors (Lipinski definition) is 2. The van der Waals surface area contributed by atoms with Crippen molar-refractivity contribution in [2.24, 2.45) is 11.5 Å². The molecule has 0 aromatic rings. The van der Waals surface area contributed by atoms with Crippen LogP contribution in [0.25, 0.3) is 0 Å². The number of carbonyl (C=O) groups is 2. The van der Waals surface area contributed by atoms with Gasteiger partial charge in [-0.2, -0.15) is 0 Å². The zero-order valence-corrected chi connectivity index (χ0v) is 73.5. The van der Waals surface area contributed by atoms with Crippen molar-refractivity contribution in [2.45, 2.75) is 623 Å². The van der Waals surface area contributed by atoms with Crippen LogP contribution in [0.1, 0.15) is 617 Å². The van der Waals surface area contributed by atoms with Gasteiger partial charge in [0.25, 0.3) is 0 Å². The first-order valence-corrected chi connectivity index (χ1v) is 50.4. The molecule has 0 fully saturated rings. The Balaban J connectivity index is 3.72. The highest BCUT2D eigenvalue weighted by Gasteiger charge is 2.32. The maximum Gasteiger partial charge on any atom is 0.405 e. The summed E-state index contributed by atoms with van der Waals surface area (Å²) < 4.78 is 11.1. The molecule has 0 radical (unpaired) electrons. The molecule has 0 atom stereocenters. The number of rotatable bonds is 97. The van der Waals surface area contributed by atoms with E-state index in [4.69, 9.17) is 20.9 Å². The standard InChI is InChI=1S/C100H200N2O4/c1-3-5-7-9-11-13-15-17-19-21-23-25-27-29-31-33-35-37-39-41-43-45-47-49-51-53-55-57-59-61-63-65-67-69-71-73-75-77-79-81-83-85-87-90-94-100(106-99(102)104,96-92-89-93-97-105-98(101)103)95-91-88-86-84-82-80-78-76-74-72-70-68-66-64-62-60-58-56-54-52-50-48-46-44-42-40-38-36-34-32-30-28-26-24-22-20-18-16-14-12-10-8-6-4-2/h3-97H2,1-2H3,(H2,101,103)(H2,102,104). The molecule has 4 N–H and O–H groups in total. The van der Waals surface area contributed by atoms with Gasteiger partial charge in [-0.1, -0.05) is 566 Å². The molecule has 0 rings (SSSR count). The lowest BCUT2D eigenvalue weighted by molar-refractivity contribution is -0.00989. The van der Waals surface area contributed by atoms with Crippen molar-refractivity contribution in [1.82, 2.24) is 0 Å². The van der Waals surface area contributed by atoms with Gasteiger partial charge in [0.1, 0.15) is 5.60 Å². The average molecular weight is 1490 g/mol. The van der Waals surface area contributed by atoms with E-state index in [1.807, 2.05) is 0 Å². The van der Waals surface area contributed by atoms with Gasteiger partial charge in [-0.25, -0.2) is 9.59 Å². The zero-order valence-electron chi connectivity index (χ0n) is 73.5. The van der Waals surface area contributed by atoms with Gasteiger partial charge < -0.3 is 20.9 Å². The predicted molar refractivity (Wildman–Crippen MR) is 474 cm³/mol. The number of ether oxygens (including phenoxy) is 2. The summed E-state index contributed by atoms with van der Waals surface area (Å²) in [6, 6.07) is 0. The monoisotopic (exact) mass is 1490 g/mol. The van der Waals surface area contributed by atoms with E-state index in [2.05, 4.69) is 13.8 Å². The summed E-state index contributed by atoms with van der Waals surface area (Å²) in [7, 11) is 0. The largest absolute Gasteiger partial charge is 0.450 e. The van der Waals surface area contributed by atoms with Crippen molar-refractivity contribution in [1.29, 1.82) is 0 Å². The Labute approximate surface area is 668 Å². The molecule has 0 aliphatic rings. The molecule has 0 unspecified atom stereocenters. The summed E-state index contributed by atoms with van der Waals surface area (Å²) in [4.78, 5) is 23.5. The number of primary amides is 2. The third-order valence-electron chi connectivity index (χ3n) is 24.8. The van der Waals surface area contributed by atoms with Gasteiger partial charge in [-0.15, -0.1) is 0 Å². The fourth-order valence-corrected chi connectivity index (χ4v) is 17.5. The molecule has 2 amide bonds. The van der Waals surface area contributed by atoms with E-state index in [0.29, 0.717) is 6.61 Å². The van der Waals surface area contributed by atoms with Gasteiger partial charge in [0.2, 0.25) is 0 Å². The molecule has 0 bridgehead atoms. The van der Waals surface area contributed by atoms with E-state index in [0.717, 1.165) is 51.4 Å². The number of carbonyl (C=O) groups excluding carboxylic acids is 2. The third kappa shape index (κ3) is 91.4. The molecule has 634 valence electrons. The third-order valence-corrected chi connectivity index (χ3v) is 24.8. The molecule has 106 heavy (non-hydrogen) atoms. The highest BCUT2D eigenvalue weighted by molar-refractivity contribution is 5.65. The molecular formula is C100H200N2O4. The van der Waals surface area contributed by atoms with Crippen LogP contribution in [-0.2, 0) is 9.47 Å². The predicted octanol–water partition coefficient (Wildman–Crippen LogP) is 36.6. The van der Waals surface area contributed by atoms with Crippen molar-refractivity contribution in [3.63, 3.8) is 0 Å². The van der Waals surface area contributed by atoms with Gasteiger partial charge in [0.05, 0.1) is 6.61 Å². The van der Waals surface area contributed by atoms with Crippen molar-refractivity contribution >= 4 is 12.2 Å². The minimum atomic E-state index is -0.711. The fraction of sp³-hybridized carbons (Fsp3) is 0.980. The summed E-state index contributed by atoms with van der Waals surface area (Å²) in [5.41, 5.74) is 10.5.